The zero-order chi connectivity index (χ0) is 33.6. The lowest BCUT2D eigenvalue weighted by atomic mass is 9.96. The molecule has 0 radical (unpaired) electrons. The van der Waals surface area contributed by atoms with Crippen molar-refractivity contribution < 1.29 is 73.4 Å². The smallest absolute Gasteiger partial charge is 0.340 e. The van der Waals surface area contributed by atoms with E-state index in [0.29, 0.717) is 29.6 Å². The third-order valence-corrected chi connectivity index (χ3v) is 8.13. The summed E-state index contributed by atoms with van der Waals surface area (Å²) in [5.41, 5.74) is 0. The second kappa shape index (κ2) is 15.5. The molecule has 0 saturated carbocycles. The summed E-state index contributed by atoms with van der Waals surface area (Å²) in [5.74, 6) is -0.680. The predicted molar refractivity (Wildman–Crippen MR) is 150 cm³/mol. The van der Waals surface area contributed by atoms with Crippen molar-refractivity contribution in [1.82, 2.24) is 10.6 Å². The van der Waals surface area contributed by atoms with E-state index in [1.807, 2.05) is 0 Å². The third-order valence-electron chi connectivity index (χ3n) is 7.15. The highest BCUT2D eigenvalue weighted by Gasteiger charge is 2.55. The van der Waals surface area contributed by atoms with Crippen molar-refractivity contribution in [2.75, 3.05) is 33.4 Å². The van der Waals surface area contributed by atoms with E-state index in [1.165, 1.54) is 11.8 Å². The minimum Gasteiger partial charge on any atom is -0.479 e. The van der Waals surface area contributed by atoms with Crippen LogP contribution in [-0.4, -0.2) is 152 Å². The van der Waals surface area contributed by atoms with Gasteiger partial charge in [0.05, 0.1) is 24.8 Å². The summed E-state index contributed by atoms with van der Waals surface area (Å²) >= 11 is 1.50. The summed E-state index contributed by atoms with van der Waals surface area (Å²) in [6.07, 6.45) is -18.3. The Morgan fingerprint density at radius 1 is 1.00 bits per heavy atom. The van der Waals surface area contributed by atoms with Crippen LogP contribution in [0, 0.1) is 10.1 Å². The van der Waals surface area contributed by atoms with Crippen molar-refractivity contribution in [3.05, 3.63) is 45.8 Å². The first-order valence-corrected chi connectivity index (χ1v) is 14.8. The maximum absolute atomic E-state index is 13.0. The number of likely N-dealkylation sites (N-methyl/N-ethyl adjacent to an activating group) is 1. The third kappa shape index (κ3) is 9.03. The van der Waals surface area contributed by atoms with E-state index in [4.69, 9.17) is 18.6 Å². The number of furan rings is 1. The number of thioether (sulfide) groups is 1. The van der Waals surface area contributed by atoms with Crippen molar-refractivity contribution in [2.45, 2.75) is 73.6 Å². The van der Waals surface area contributed by atoms with Crippen LogP contribution in [0.1, 0.15) is 11.5 Å². The van der Waals surface area contributed by atoms with Gasteiger partial charge in [-0.2, -0.15) is 11.8 Å². The molecule has 3 rings (SSSR count). The standard InChI is InChI=1S/C25H38N4O15S/c1-26-13(8-28(39)40)27-6-7-45-10-12-5-4-11(41-12)9-29(2,3)22-18(34)14(30)17(33)21(42-22)24(38)44-25-19(35)15(31)16(32)20(43-25)23(36)37/h4-5,8,14-22,25-27,30-35H,6-7,9-10H2,1-3H3/p+1. The number of quaternary nitrogens is 1. The predicted octanol–water partition coefficient (Wildman–Crippen LogP) is -3.78. The number of aliphatic hydroxyl groups is 6. The van der Waals surface area contributed by atoms with Crippen molar-refractivity contribution in [3.63, 3.8) is 0 Å². The molecule has 2 saturated heterocycles. The molecule has 2 aliphatic rings. The molecule has 2 aliphatic heterocycles. The van der Waals surface area contributed by atoms with Crippen LogP contribution in [0.2, 0.25) is 0 Å². The number of nitrogens with zero attached hydrogens (tertiary/aromatic N) is 2. The number of aliphatic carboxylic acids is 1. The topological polar surface area (TPSA) is 284 Å². The van der Waals surface area contributed by atoms with Gasteiger partial charge in [-0.3, -0.25) is 14.6 Å². The van der Waals surface area contributed by atoms with Crippen LogP contribution < -0.4 is 10.6 Å². The van der Waals surface area contributed by atoms with Gasteiger partial charge in [0.25, 0.3) is 6.20 Å². The summed E-state index contributed by atoms with van der Waals surface area (Å²) in [6.45, 7) is 0.538. The van der Waals surface area contributed by atoms with Gasteiger partial charge >= 0.3 is 11.9 Å². The van der Waals surface area contributed by atoms with Crippen LogP contribution >= 0.6 is 11.8 Å². The van der Waals surface area contributed by atoms with Crippen molar-refractivity contribution >= 4 is 23.7 Å². The Bertz CT molecular complexity index is 1210. The zero-order valence-corrected chi connectivity index (χ0v) is 25.3. The molecule has 0 amide bonds. The molecule has 1 aromatic rings. The van der Waals surface area contributed by atoms with Crippen molar-refractivity contribution in [3.8, 4) is 0 Å². The Morgan fingerprint density at radius 3 is 2.24 bits per heavy atom. The number of nitrogens with one attached hydrogen (secondary N) is 2. The molecule has 0 spiro atoms. The fourth-order valence-corrected chi connectivity index (χ4v) is 5.52. The van der Waals surface area contributed by atoms with E-state index in [1.54, 1.807) is 33.3 Å². The molecule has 0 bridgehead atoms. The molecule has 1 aromatic heterocycles. The Morgan fingerprint density at radius 2 is 1.62 bits per heavy atom. The highest BCUT2D eigenvalue weighted by Crippen LogP contribution is 2.31. The van der Waals surface area contributed by atoms with E-state index >= 15 is 0 Å². The number of rotatable bonds is 14. The molecule has 19 nitrogen and oxygen atoms in total. The van der Waals surface area contributed by atoms with Crippen molar-refractivity contribution in [2.24, 2.45) is 0 Å². The van der Waals surface area contributed by atoms with E-state index < -0.39 is 78.2 Å². The lowest BCUT2D eigenvalue weighted by molar-refractivity contribution is -0.957. The fourth-order valence-electron chi connectivity index (χ4n) is 4.78. The van der Waals surface area contributed by atoms with Crippen LogP contribution in [0.25, 0.3) is 0 Å². The summed E-state index contributed by atoms with van der Waals surface area (Å²) in [6, 6.07) is 3.43. The first kappa shape index (κ1) is 36.4. The number of ether oxygens (including phenoxy) is 3. The Balaban J connectivity index is 1.61. The summed E-state index contributed by atoms with van der Waals surface area (Å²) in [7, 11) is 4.76. The molecule has 2 fully saturated rings. The molecule has 10 atom stereocenters. The van der Waals surface area contributed by atoms with E-state index in [0.717, 1.165) is 6.20 Å². The number of carbonyl (C=O) groups is 2. The largest absolute Gasteiger partial charge is 0.479 e. The van der Waals surface area contributed by atoms with E-state index in [-0.39, 0.29) is 16.8 Å². The quantitative estimate of drug-likeness (QED) is 0.0302. The van der Waals surface area contributed by atoms with Gasteiger partial charge in [0.2, 0.25) is 12.5 Å². The summed E-state index contributed by atoms with van der Waals surface area (Å²) in [4.78, 5) is 34.3. The molecule has 20 heteroatoms. The minimum atomic E-state index is -2.07. The van der Waals surface area contributed by atoms with Gasteiger partial charge in [-0.25, -0.2) is 9.59 Å². The van der Waals surface area contributed by atoms with Gasteiger partial charge in [0.15, 0.2) is 29.9 Å². The number of nitro groups is 1. The number of aliphatic hydroxyl groups excluding tert-OH is 6. The fraction of sp³-hybridized carbons (Fsp3) is 0.680. The SMILES string of the molecule is CNC(=C[N+](=O)[O-])NCCSCc1ccc(C[N+](C)(C)C2OC(C(=O)OC3OC(C(=O)O)C(O)C(O)C3O)C(O)C(O)C2O)o1. The number of hydrogen-bond acceptors (Lipinski definition) is 17. The van der Waals surface area contributed by atoms with Gasteiger partial charge < -0.3 is 65.0 Å². The molecule has 10 unspecified atom stereocenters. The molecule has 9 N–H and O–H groups in total. The minimum absolute atomic E-state index is 0.0879. The first-order chi connectivity index (χ1) is 21.1. The highest BCUT2D eigenvalue weighted by molar-refractivity contribution is 7.98. The van der Waals surface area contributed by atoms with Gasteiger partial charge in [-0.15, -0.1) is 0 Å². The number of hydrogen-bond donors (Lipinski definition) is 9. The van der Waals surface area contributed by atoms with Crippen LogP contribution in [0.3, 0.4) is 0 Å². The first-order valence-electron chi connectivity index (χ1n) is 13.6. The normalized spacial score (nSPS) is 32.5. The molecule has 3 heterocycles. The highest BCUT2D eigenvalue weighted by atomic mass is 32.2. The van der Waals surface area contributed by atoms with Crippen LogP contribution in [0.4, 0.5) is 0 Å². The van der Waals surface area contributed by atoms with Crippen LogP contribution in [-0.2, 0) is 36.1 Å². The van der Waals surface area contributed by atoms with Crippen molar-refractivity contribution in [1.29, 1.82) is 0 Å². The molecule has 0 aromatic carbocycles. The molecular weight excluding hydrogens is 628 g/mol. The van der Waals surface area contributed by atoms with Gasteiger partial charge in [0.1, 0.15) is 42.8 Å². The van der Waals surface area contributed by atoms with Gasteiger partial charge in [0, 0.05) is 19.3 Å². The number of esters is 1. The zero-order valence-electron chi connectivity index (χ0n) is 24.5. The number of carboxylic acids is 1. The Labute approximate surface area is 260 Å². The van der Waals surface area contributed by atoms with E-state index in [2.05, 4.69) is 10.6 Å². The monoisotopic (exact) mass is 667 g/mol. The maximum atomic E-state index is 13.0. The molecule has 45 heavy (non-hydrogen) atoms. The maximum Gasteiger partial charge on any atom is 0.340 e. The van der Waals surface area contributed by atoms with E-state index in [9.17, 15) is 55.4 Å². The Hall–Kier alpha value is -3.05. The average molecular weight is 668 g/mol. The summed E-state index contributed by atoms with van der Waals surface area (Å²) in [5, 5.41) is 87.1. The van der Waals surface area contributed by atoms with Crippen LogP contribution in [0.15, 0.2) is 28.6 Å². The molecule has 0 aliphatic carbocycles. The average Bonchev–Trinajstić information content (AvgIpc) is 3.40. The Kier molecular flexibility index (Phi) is 12.5. The second-order valence-corrected chi connectivity index (χ2v) is 12.1. The number of carboxylic acid groups (broad SMARTS) is 1. The van der Waals surface area contributed by atoms with Gasteiger partial charge in [-0.1, -0.05) is 0 Å². The molecule has 254 valence electrons. The van der Waals surface area contributed by atoms with Gasteiger partial charge in [-0.05, 0) is 12.1 Å². The number of carbonyl (C=O) groups excluding carboxylic acids is 1. The lowest BCUT2D eigenvalue weighted by Gasteiger charge is -2.46. The summed E-state index contributed by atoms with van der Waals surface area (Å²) < 4.78 is 21.3. The lowest BCUT2D eigenvalue weighted by Crippen LogP contribution is -2.68. The van der Waals surface area contributed by atoms with Crippen LogP contribution in [0.5, 0.6) is 0 Å². The molecular formula is C25H39N4O15S+. The second-order valence-electron chi connectivity index (χ2n) is 11.0.